The Morgan fingerprint density at radius 1 is 1.24 bits per heavy atom. The standard InChI is InChI=1S/C16H16O5/c1-21-16(20)14(18)9-12(10-5-3-2-4-6-10)11-7-8-13(17)15(11)19/h2-6,12,19H,7-9H2,1H3/t12-/m0/s1. The number of carbonyl (C=O) groups is 3. The molecule has 0 amide bonds. The Labute approximate surface area is 122 Å². The molecule has 1 N–H and O–H groups in total. The van der Waals surface area contributed by atoms with E-state index in [1.165, 1.54) is 0 Å². The van der Waals surface area contributed by atoms with Crippen molar-refractivity contribution in [3.63, 3.8) is 0 Å². The van der Waals surface area contributed by atoms with E-state index in [-0.39, 0.29) is 24.4 Å². The number of benzene rings is 1. The van der Waals surface area contributed by atoms with Crippen LogP contribution in [0.2, 0.25) is 0 Å². The van der Waals surface area contributed by atoms with Crippen LogP contribution in [0.5, 0.6) is 0 Å². The van der Waals surface area contributed by atoms with Crippen molar-refractivity contribution in [3.05, 3.63) is 47.2 Å². The zero-order valence-electron chi connectivity index (χ0n) is 11.7. The average Bonchev–Trinajstić information content (AvgIpc) is 2.84. The van der Waals surface area contributed by atoms with Gasteiger partial charge in [0.05, 0.1) is 7.11 Å². The Balaban J connectivity index is 2.35. The highest BCUT2D eigenvalue weighted by Crippen LogP contribution is 2.36. The van der Waals surface area contributed by atoms with Crippen LogP contribution in [-0.4, -0.2) is 29.8 Å². The highest BCUT2D eigenvalue weighted by atomic mass is 16.5. The molecule has 0 bridgehead atoms. The van der Waals surface area contributed by atoms with Gasteiger partial charge in [0.15, 0.2) is 11.5 Å². The molecule has 0 fully saturated rings. The lowest BCUT2D eigenvalue weighted by molar-refractivity contribution is -0.151. The zero-order chi connectivity index (χ0) is 15.4. The Hall–Kier alpha value is -2.43. The van der Waals surface area contributed by atoms with Crippen LogP contribution < -0.4 is 0 Å². The lowest BCUT2D eigenvalue weighted by Gasteiger charge is -2.17. The normalized spacial score (nSPS) is 16.0. The Morgan fingerprint density at radius 3 is 2.43 bits per heavy atom. The second-order valence-electron chi connectivity index (χ2n) is 4.88. The van der Waals surface area contributed by atoms with Gasteiger partial charge < -0.3 is 9.84 Å². The fourth-order valence-corrected chi connectivity index (χ4v) is 2.51. The smallest absolute Gasteiger partial charge is 0.374 e. The molecule has 0 unspecified atom stereocenters. The number of aliphatic hydroxyl groups excluding tert-OH is 1. The lowest BCUT2D eigenvalue weighted by atomic mass is 9.86. The molecule has 1 aromatic carbocycles. The van der Waals surface area contributed by atoms with E-state index in [0.29, 0.717) is 12.0 Å². The number of carbonyl (C=O) groups excluding carboxylic acids is 3. The molecule has 1 aromatic rings. The Kier molecular flexibility index (Phi) is 4.52. The van der Waals surface area contributed by atoms with Crippen LogP contribution in [0.4, 0.5) is 0 Å². The Morgan fingerprint density at radius 2 is 1.90 bits per heavy atom. The third-order valence-electron chi connectivity index (χ3n) is 3.61. The summed E-state index contributed by atoms with van der Waals surface area (Å²) in [6.45, 7) is 0. The van der Waals surface area contributed by atoms with Gasteiger partial charge in [-0.25, -0.2) is 4.79 Å². The van der Waals surface area contributed by atoms with Crippen LogP contribution in [0.25, 0.3) is 0 Å². The van der Waals surface area contributed by atoms with E-state index in [1.54, 1.807) is 24.3 Å². The molecule has 110 valence electrons. The third kappa shape index (κ3) is 3.18. The van der Waals surface area contributed by atoms with Crippen molar-refractivity contribution in [1.29, 1.82) is 0 Å². The van der Waals surface area contributed by atoms with Gasteiger partial charge in [0.1, 0.15) is 0 Å². The minimum Gasteiger partial charge on any atom is -0.504 e. The summed E-state index contributed by atoms with van der Waals surface area (Å²) in [5, 5.41) is 9.90. The number of esters is 1. The summed E-state index contributed by atoms with van der Waals surface area (Å²) in [7, 11) is 1.15. The summed E-state index contributed by atoms with van der Waals surface area (Å²) in [5.41, 5.74) is 1.30. The molecule has 5 nitrogen and oxygen atoms in total. The van der Waals surface area contributed by atoms with E-state index in [1.807, 2.05) is 6.07 Å². The minimum atomic E-state index is -0.916. The van der Waals surface area contributed by atoms with E-state index in [0.717, 1.165) is 12.7 Å². The molecule has 2 rings (SSSR count). The van der Waals surface area contributed by atoms with Gasteiger partial charge in [0.2, 0.25) is 5.78 Å². The molecule has 1 aliphatic carbocycles. The molecule has 1 aliphatic rings. The molecular weight excluding hydrogens is 272 g/mol. The van der Waals surface area contributed by atoms with E-state index < -0.39 is 17.7 Å². The predicted molar refractivity (Wildman–Crippen MR) is 74.7 cm³/mol. The van der Waals surface area contributed by atoms with Gasteiger partial charge in [0, 0.05) is 18.8 Å². The Bertz CT molecular complexity index is 600. The summed E-state index contributed by atoms with van der Waals surface area (Å²) in [4.78, 5) is 34.7. The number of rotatable bonds is 5. The fourth-order valence-electron chi connectivity index (χ4n) is 2.51. The molecule has 0 aliphatic heterocycles. The van der Waals surface area contributed by atoms with Gasteiger partial charge in [-0.1, -0.05) is 30.3 Å². The number of aliphatic hydroxyl groups is 1. The highest BCUT2D eigenvalue weighted by molar-refractivity contribution is 6.33. The molecular formula is C16H16O5. The average molecular weight is 288 g/mol. The number of hydrogen-bond acceptors (Lipinski definition) is 5. The van der Waals surface area contributed by atoms with Gasteiger partial charge in [-0.3, -0.25) is 9.59 Å². The van der Waals surface area contributed by atoms with Crippen LogP contribution in [-0.2, 0) is 19.1 Å². The van der Waals surface area contributed by atoms with Crippen LogP contribution in [0, 0.1) is 0 Å². The maximum absolute atomic E-state index is 11.8. The van der Waals surface area contributed by atoms with Crippen LogP contribution >= 0.6 is 0 Å². The summed E-state index contributed by atoms with van der Waals surface area (Å²) in [6, 6.07) is 9.05. The molecule has 5 heteroatoms. The van der Waals surface area contributed by atoms with Crippen LogP contribution in [0.1, 0.15) is 30.7 Å². The first-order chi connectivity index (χ1) is 10.0. The van der Waals surface area contributed by atoms with Gasteiger partial charge in [-0.05, 0) is 17.6 Å². The number of Topliss-reactive ketones (excluding diaryl/α,β-unsaturated/α-hetero) is 2. The molecule has 21 heavy (non-hydrogen) atoms. The van der Waals surface area contributed by atoms with Crippen molar-refractivity contribution in [2.24, 2.45) is 0 Å². The number of methoxy groups -OCH3 is 1. The molecule has 0 spiro atoms. The number of hydrogen-bond donors (Lipinski definition) is 1. The van der Waals surface area contributed by atoms with Crippen molar-refractivity contribution < 1.29 is 24.2 Å². The van der Waals surface area contributed by atoms with Crippen molar-refractivity contribution >= 4 is 17.5 Å². The van der Waals surface area contributed by atoms with E-state index >= 15 is 0 Å². The quantitative estimate of drug-likeness (QED) is 0.662. The van der Waals surface area contributed by atoms with Crippen molar-refractivity contribution in [3.8, 4) is 0 Å². The number of ketones is 2. The van der Waals surface area contributed by atoms with Crippen molar-refractivity contribution in [2.45, 2.75) is 25.2 Å². The zero-order valence-corrected chi connectivity index (χ0v) is 11.7. The van der Waals surface area contributed by atoms with Gasteiger partial charge >= 0.3 is 5.97 Å². The topological polar surface area (TPSA) is 80.7 Å². The molecule has 0 saturated heterocycles. The molecule has 0 aromatic heterocycles. The van der Waals surface area contributed by atoms with E-state index in [2.05, 4.69) is 4.74 Å². The summed E-state index contributed by atoms with van der Waals surface area (Å²) >= 11 is 0. The maximum atomic E-state index is 11.8. The van der Waals surface area contributed by atoms with Crippen LogP contribution in [0.3, 0.4) is 0 Å². The maximum Gasteiger partial charge on any atom is 0.374 e. The number of allylic oxidation sites excluding steroid dienone is 2. The highest BCUT2D eigenvalue weighted by Gasteiger charge is 2.32. The summed E-state index contributed by atoms with van der Waals surface area (Å²) in [6.07, 6.45) is 0.513. The van der Waals surface area contributed by atoms with Gasteiger partial charge in [-0.2, -0.15) is 0 Å². The van der Waals surface area contributed by atoms with Gasteiger partial charge in [0.25, 0.3) is 0 Å². The van der Waals surface area contributed by atoms with E-state index in [9.17, 15) is 19.5 Å². The molecule has 0 radical (unpaired) electrons. The monoisotopic (exact) mass is 288 g/mol. The molecule has 0 saturated carbocycles. The SMILES string of the molecule is COC(=O)C(=O)C[C@H](C1=C(O)C(=O)CC1)c1ccccc1. The minimum absolute atomic E-state index is 0.122. The van der Waals surface area contributed by atoms with E-state index in [4.69, 9.17) is 0 Å². The summed E-state index contributed by atoms with van der Waals surface area (Å²) < 4.78 is 4.43. The second-order valence-corrected chi connectivity index (χ2v) is 4.88. The predicted octanol–water partition coefficient (Wildman–Crippen LogP) is 2.08. The first-order valence-electron chi connectivity index (χ1n) is 6.66. The third-order valence-corrected chi connectivity index (χ3v) is 3.61. The lowest BCUT2D eigenvalue weighted by Crippen LogP contribution is -2.19. The van der Waals surface area contributed by atoms with Crippen molar-refractivity contribution in [1.82, 2.24) is 0 Å². The fraction of sp³-hybridized carbons (Fsp3) is 0.312. The molecule has 0 heterocycles. The van der Waals surface area contributed by atoms with Crippen LogP contribution in [0.15, 0.2) is 41.7 Å². The first-order valence-corrected chi connectivity index (χ1v) is 6.66. The molecule has 1 atom stereocenters. The largest absolute Gasteiger partial charge is 0.504 e. The summed E-state index contributed by atoms with van der Waals surface area (Å²) in [5.74, 6) is -2.67. The number of ether oxygens (including phenoxy) is 1. The second kappa shape index (κ2) is 6.35. The first kappa shape index (κ1) is 15.0. The van der Waals surface area contributed by atoms with Crippen molar-refractivity contribution in [2.75, 3.05) is 7.11 Å². The van der Waals surface area contributed by atoms with Gasteiger partial charge in [-0.15, -0.1) is 0 Å².